The lowest BCUT2D eigenvalue weighted by atomic mass is 10.2. The van der Waals surface area contributed by atoms with Crippen LogP contribution in [0.4, 0.5) is 0 Å². The first-order chi connectivity index (χ1) is 8.66. The quantitative estimate of drug-likeness (QED) is 0.887. The summed E-state index contributed by atoms with van der Waals surface area (Å²) < 4.78 is 10.9. The molecule has 1 aliphatic rings. The first kappa shape index (κ1) is 13.0. The van der Waals surface area contributed by atoms with Gasteiger partial charge in [0.15, 0.2) is 12.4 Å². The fourth-order valence-corrected chi connectivity index (χ4v) is 1.93. The summed E-state index contributed by atoms with van der Waals surface area (Å²) in [5.41, 5.74) is 1.18. The van der Waals surface area contributed by atoms with Crippen molar-refractivity contribution >= 4 is 5.97 Å². The SMILES string of the molecule is Cc1cccc(C(OC2CCCCO2)C(=O)O)n1. The van der Waals surface area contributed by atoms with E-state index in [0.717, 1.165) is 25.0 Å². The van der Waals surface area contributed by atoms with Crippen molar-refractivity contribution in [2.24, 2.45) is 0 Å². The Balaban J connectivity index is 2.10. The van der Waals surface area contributed by atoms with E-state index in [1.54, 1.807) is 12.1 Å². The third kappa shape index (κ3) is 3.27. The number of rotatable bonds is 4. The number of aryl methyl sites for hydroxylation is 1. The Morgan fingerprint density at radius 1 is 1.56 bits per heavy atom. The maximum atomic E-state index is 11.3. The molecule has 0 amide bonds. The molecule has 1 N–H and O–H groups in total. The van der Waals surface area contributed by atoms with Gasteiger partial charge in [-0.05, 0) is 38.3 Å². The zero-order chi connectivity index (χ0) is 13.0. The summed E-state index contributed by atoms with van der Waals surface area (Å²) in [6.45, 7) is 2.44. The number of pyridine rings is 1. The van der Waals surface area contributed by atoms with E-state index in [1.807, 2.05) is 13.0 Å². The number of hydrogen-bond donors (Lipinski definition) is 1. The third-order valence-corrected chi connectivity index (χ3v) is 2.83. The summed E-state index contributed by atoms with van der Waals surface area (Å²) in [4.78, 5) is 15.5. The number of carboxylic acid groups (broad SMARTS) is 1. The van der Waals surface area contributed by atoms with Gasteiger partial charge in [0.1, 0.15) is 0 Å². The molecule has 0 aliphatic carbocycles. The minimum Gasteiger partial charge on any atom is -0.479 e. The molecular weight excluding hydrogens is 234 g/mol. The molecule has 0 radical (unpaired) electrons. The zero-order valence-corrected chi connectivity index (χ0v) is 10.3. The third-order valence-electron chi connectivity index (χ3n) is 2.83. The lowest BCUT2D eigenvalue weighted by molar-refractivity contribution is -0.202. The Bertz CT molecular complexity index is 415. The van der Waals surface area contributed by atoms with E-state index in [4.69, 9.17) is 9.47 Å². The summed E-state index contributed by atoms with van der Waals surface area (Å²) in [6, 6.07) is 5.26. The molecule has 0 aromatic carbocycles. The lowest BCUT2D eigenvalue weighted by Crippen LogP contribution is -2.28. The van der Waals surface area contributed by atoms with Crippen LogP contribution in [0.15, 0.2) is 18.2 Å². The van der Waals surface area contributed by atoms with Crippen molar-refractivity contribution in [3.63, 3.8) is 0 Å². The van der Waals surface area contributed by atoms with Gasteiger partial charge in [0.05, 0.1) is 5.69 Å². The number of nitrogens with zero attached hydrogens (tertiary/aromatic N) is 1. The van der Waals surface area contributed by atoms with Crippen molar-refractivity contribution in [3.05, 3.63) is 29.6 Å². The Labute approximate surface area is 106 Å². The predicted molar refractivity (Wildman–Crippen MR) is 64.0 cm³/mol. The van der Waals surface area contributed by atoms with Crippen LogP contribution in [0.3, 0.4) is 0 Å². The van der Waals surface area contributed by atoms with Crippen LogP contribution in [0.5, 0.6) is 0 Å². The molecule has 5 nitrogen and oxygen atoms in total. The van der Waals surface area contributed by atoms with Gasteiger partial charge in [0, 0.05) is 12.3 Å². The minimum atomic E-state index is -1.06. The fraction of sp³-hybridized carbons (Fsp3) is 0.538. The molecule has 0 bridgehead atoms. The van der Waals surface area contributed by atoms with E-state index < -0.39 is 18.4 Å². The molecule has 2 atom stereocenters. The second-order valence-electron chi connectivity index (χ2n) is 4.35. The van der Waals surface area contributed by atoms with Gasteiger partial charge in [0.2, 0.25) is 0 Å². The highest BCUT2D eigenvalue weighted by Crippen LogP contribution is 2.23. The molecule has 1 aromatic heterocycles. The molecule has 1 aliphatic heterocycles. The summed E-state index contributed by atoms with van der Waals surface area (Å²) in [5.74, 6) is -1.04. The van der Waals surface area contributed by atoms with Gasteiger partial charge < -0.3 is 14.6 Å². The molecule has 0 spiro atoms. The first-order valence-electron chi connectivity index (χ1n) is 6.10. The molecular formula is C13H17NO4. The van der Waals surface area contributed by atoms with Crippen LogP contribution < -0.4 is 0 Å². The smallest absolute Gasteiger partial charge is 0.339 e. The van der Waals surface area contributed by atoms with Crippen LogP contribution in [-0.4, -0.2) is 29.0 Å². The first-order valence-corrected chi connectivity index (χ1v) is 6.10. The molecule has 1 fully saturated rings. The Morgan fingerprint density at radius 2 is 2.39 bits per heavy atom. The maximum Gasteiger partial charge on any atom is 0.339 e. The van der Waals surface area contributed by atoms with E-state index in [2.05, 4.69) is 4.98 Å². The highest BCUT2D eigenvalue weighted by Gasteiger charge is 2.27. The average Bonchev–Trinajstić information content (AvgIpc) is 2.37. The van der Waals surface area contributed by atoms with Crippen molar-refractivity contribution in [1.82, 2.24) is 4.98 Å². The maximum absolute atomic E-state index is 11.3. The van der Waals surface area contributed by atoms with Crippen LogP contribution in [0.1, 0.15) is 36.8 Å². The van der Waals surface area contributed by atoms with E-state index in [-0.39, 0.29) is 0 Å². The standard InChI is InChI=1S/C13H17NO4/c1-9-5-4-6-10(14-9)12(13(15)16)18-11-7-2-3-8-17-11/h4-6,11-12H,2-3,7-8H2,1H3,(H,15,16). The molecule has 2 heterocycles. The molecule has 1 aromatic rings. The van der Waals surface area contributed by atoms with E-state index in [9.17, 15) is 9.90 Å². The Hall–Kier alpha value is -1.46. The molecule has 1 saturated heterocycles. The van der Waals surface area contributed by atoms with Crippen LogP contribution in [0.2, 0.25) is 0 Å². The summed E-state index contributed by atoms with van der Waals surface area (Å²) >= 11 is 0. The van der Waals surface area contributed by atoms with Gasteiger partial charge in [0.25, 0.3) is 0 Å². The Kier molecular flexibility index (Phi) is 4.28. The number of carboxylic acids is 1. The Morgan fingerprint density at radius 3 is 3.00 bits per heavy atom. The van der Waals surface area contributed by atoms with Gasteiger partial charge in [-0.2, -0.15) is 0 Å². The van der Waals surface area contributed by atoms with Crippen LogP contribution in [0, 0.1) is 6.92 Å². The van der Waals surface area contributed by atoms with Crippen molar-refractivity contribution in [3.8, 4) is 0 Å². The zero-order valence-electron chi connectivity index (χ0n) is 10.3. The molecule has 0 saturated carbocycles. The molecule has 5 heteroatoms. The normalized spacial score (nSPS) is 21.5. The highest BCUT2D eigenvalue weighted by atomic mass is 16.7. The van der Waals surface area contributed by atoms with Crippen molar-refractivity contribution in [2.45, 2.75) is 38.6 Å². The van der Waals surface area contributed by atoms with Crippen LogP contribution >= 0.6 is 0 Å². The van der Waals surface area contributed by atoms with Gasteiger partial charge in [-0.3, -0.25) is 4.98 Å². The van der Waals surface area contributed by atoms with E-state index in [0.29, 0.717) is 12.3 Å². The van der Waals surface area contributed by atoms with Crippen molar-refractivity contribution < 1.29 is 19.4 Å². The molecule has 98 valence electrons. The average molecular weight is 251 g/mol. The largest absolute Gasteiger partial charge is 0.479 e. The topological polar surface area (TPSA) is 68.7 Å². The second-order valence-corrected chi connectivity index (χ2v) is 4.35. The van der Waals surface area contributed by atoms with Gasteiger partial charge in [-0.25, -0.2) is 4.79 Å². The minimum absolute atomic E-state index is 0.414. The van der Waals surface area contributed by atoms with Crippen molar-refractivity contribution in [2.75, 3.05) is 6.61 Å². The highest BCUT2D eigenvalue weighted by molar-refractivity contribution is 5.73. The molecule has 2 unspecified atom stereocenters. The number of hydrogen-bond acceptors (Lipinski definition) is 4. The number of aliphatic carboxylic acids is 1. The number of ether oxygens (including phenoxy) is 2. The van der Waals surface area contributed by atoms with Crippen molar-refractivity contribution in [1.29, 1.82) is 0 Å². The monoisotopic (exact) mass is 251 g/mol. The summed E-state index contributed by atoms with van der Waals surface area (Å²) in [5, 5.41) is 9.23. The summed E-state index contributed by atoms with van der Waals surface area (Å²) in [6.07, 6.45) is 1.23. The number of carbonyl (C=O) groups is 1. The second kappa shape index (κ2) is 5.93. The fourth-order valence-electron chi connectivity index (χ4n) is 1.93. The van der Waals surface area contributed by atoms with Gasteiger partial charge in [-0.1, -0.05) is 6.07 Å². The van der Waals surface area contributed by atoms with Gasteiger partial charge in [-0.15, -0.1) is 0 Å². The van der Waals surface area contributed by atoms with Crippen LogP contribution in [-0.2, 0) is 14.3 Å². The molecule has 2 rings (SSSR count). The molecule has 18 heavy (non-hydrogen) atoms. The van der Waals surface area contributed by atoms with Gasteiger partial charge >= 0.3 is 5.97 Å². The van der Waals surface area contributed by atoms with E-state index in [1.165, 1.54) is 0 Å². The lowest BCUT2D eigenvalue weighted by Gasteiger charge is -2.25. The number of aromatic nitrogens is 1. The predicted octanol–water partition coefficient (Wildman–Crippen LogP) is 2.06. The summed E-state index contributed by atoms with van der Waals surface area (Å²) in [7, 11) is 0. The van der Waals surface area contributed by atoms with E-state index >= 15 is 0 Å². The van der Waals surface area contributed by atoms with Crippen LogP contribution in [0.25, 0.3) is 0 Å².